The van der Waals surface area contributed by atoms with Crippen LogP contribution in [-0.2, 0) is 0 Å². The number of carbonyl (C=O) groups is 1. The normalized spacial score (nSPS) is 23.1. The lowest BCUT2D eigenvalue weighted by molar-refractivity contribution is 0.0267. The van der Waals surface area contributed by atoms with E-state index in [2.05, 4.69) is 15.9 Å². The number of amides is 1. The summed E-state index contributed by atoms with van der Waals surface area (Å²) in [6.07, 6.45) is 3.27. The molecule has 0 saturated heterocycles. The van der Waals surface area contributed by atoms with Gasteiger partial charge in [0.1, 0.15) is 0 Å². The Bertz CT molecular complexity index is 479. The summed E-state index contributed by atoms with van der Waals surface area (Å²) in [7, 11) is 1.75. The van der Waals surface area contributed by atoms with Crippen molar-refractivity contribution < 1.29 is 9.90 Å². The van der Waals surface area contributed by atoms with Gasteiger partial charge in [0.2, 0.25) is 0 Å². The van der Waals surface area contributed by atoms with E-state index in [-0.39, 0.29) is 11.9 Å². The lowest BCUT2D eigenvalue weighted by Gasteiger charge is -2.35. The van der Waals surface area contributed by atoms with Crippen LogP contribution in [0.25, 0.3) is 0 Å². The van der Waals surface area contributed by atoms with Crippen LogP contribution in [0.15, 0.2) is 22.7 Å². The molecule has 5 heteroatoms. The summed E-state index contributed by atoms with van der Waals surface area (Å²) in [6.45, 7) is 0. The first-order valence-electron chi connectivity index (χ1n) is 6.51. The van der Waals surface area contributed by atoms with Crippen molar-refractivity contribution in [1.29, 1.82) is 0 Å². The quantitative estimate of drug-likeness (QED) is 0.820. The SMILES string of the molecule is CN(C(=O)c1cccc(N)c1Br)C1CCCCC1O. The molecule has 1 aliphatic carbocycles. The molecule has 0 aromatic heterocycles. The second-order valence-corrected chi connectivity index (χ2v) is 5.84. The molecule has 104 valence electrons. The van der Waals surface area contributed by atoms with E-state index in [1.807, 2.05) is 0 Å². The Morgan fingerprint density at radius 3 is 2.79 bits per heavy atom. The summed E-state index contributed by atoms with van der Waals surface area (Å²) < 4.78 is 0.622. The zero-order valence-corrected chi connectivity index (χ0v) is 12.6. The predicted octanol–water partition coefficient (Wildman–Crippen LogP) is 2.41. The molecule has 2 atom stereocenters. The molecular formula is C14H19BrN2O2. The molecule has 0 spiro atoms. The summed E-state index contributed by atoms with van der Waals surface area (Å²) in [4.78, 5) is 14.1. The van der Waals surface area contributed by atoms with Crippen molar-refractivity contribution in [2.45, 2.75) is 37.8 Å². The Morgan fingerprint density at radius 1 is 1.42 bits per heavy atom. The fourth-order valence-corrected chi connectivity index (χ4v) is 3.03. The number of halogens is 1. The maximum atomic E-state index is 12.5. The Labute approximate surface area is 121 Å². The number of rotatable bonds is 2. The first-order chi connectivity index (χ1) is 9.02. The smallest absolute Gasteiger partial charge is 0.255 e. The highest BCUT2D eigenvalue weighted by atomic mass is 79.9. The van der Waals surface area contributed by atoms with Crippen molar-refractivity contribution >= 4 is 27.5 Å². The second kappa shape index (κ2) is 5.92. The van der Waals surface area contributed by atoms with E-state index in [4.69, 9.17) is 5.73 Å². The zero-order chi connectivity index (χ0) is 14.0. The third-order valence-corrected chi connectivity index (χ3v) is 4.66. The van der Waals surface area contributed by atoms with Gasteiger partial charge in [0.15, 0.2) is 0 Å². The van der Waals surface area contributed by atoms with Crippen molar-refractivity contribution in [2.75, 3.05) is 12.8 Å². The van der Waals surface area contributed by atoms with E-state index in [9.17, 15) is 9.90 Å². The molecule has 1 aliphatic rings. The zero-order valence-electron chi connectivity index (χ0n) is 11.0. The maximum absolute atomic E-state index is 12.5. The van der Waals surface area contributed by atoms with Crippen molar-refractivity contribution in [3.8, 4) is 0 Å². The number of nitrogen functional groups attached to an aromatic ring is 1. The number of nitrogens with zero attached hydrogens (tertiary/aromatic N) is 1. The van der Waals surface area contributed by atoms with E-state index < -0.39 is 6.10 Å². The molecule has 0 bridgehead atoms. The van der Waals surface area contributed by atoms with Crippen LogP contribution in [0.4, 0.5) is 5.69 Å². The summed E-state index contributed by atoms with van der Waals surface area (Å²) >= 11 is 3.35. The predicted molar refractivity (Wildman–Crippen MR) is 78.9 cm³/mol. The van der Waals surface area contributed by atoms with Gasteiger partial charge in [-0.05, 0) is 40.9 Å². The highest BCUT2D eigenvalue weighted by Crippen LogP contribution is 2.28. The Hall–Kier alpha value is -1.07. The van der Waals surface area contributed by atoms with Crippen LogP contribution in [-0.4, -0.2) is 35.1 Å². The third-order valence-electron chi connectivity index (χ3n) is 3.77. The average Bonchev–Trinajstić information content (AvgIpc) is 2.41. The third kappa shape index (κ3) is 2.92. The van der Waals surface area contributed by atoms with Gasteiger partial charge in [0, 0.05) is 12.7 Å². The Kier molecular flexibility index (Phi) is 4.47. The molecule has 1 fully saturated rings. The van der Waals surface area contributed by atoms with Crippen molar-refractivity contribution in [1.82, 2.24) is 4.90 Å². The first kappa shape index (κ1) is 14.3. The van der Waals surface area contributed by atoms with Gasteiger partial charge in [-0.2, -0.15) is 0 Å². The maximum Gasteiger partial charge on any atom is 0.255 e. The van der Waals surface area contributed by atoms with Crippen molar-refractivity contribution in [2.24, 2.45) is 0 Å². The monoisotopic (exact) mass is 326 g/mol. The number of nitrogens with two attached hydrogens (primary N) is 1. The van der Waals surface area contributed by atoms with Gasteiger partial charge < -0.3 is 15.7 Å². The minimum absolute atomic E-state index is 0.102. The number of hydrogen-bond donors (Lipinski definition) is 2. The van der Waals surface area contributed by atoms with Crippen molar-refractivity contribution in [3.05, 3.63) is 28.2 Å². The van der Waals surface area contributed by atoms with Crippen LogP contribution in [0, 0.1) is 0 Å². The number of hydrogen-bond acceptors (Lipinski definition) is 3. The lowest BCUT2D eigenvalue weighted by Crippen LogP contribution is -2.46. The van der Waals surface area contributed by atoms with Crippen LogP contribution in [0.3, 0.4) is 0 Å². The molecule has 4 nitrogen and oxygen atoms in total. The summed E-state index contributed by atoms with van der Waals surface area (Å²) in [6, 6.07) is 5.15. The van der Waals surface area contributed by atoms with Crippen LogP contribution < -0.4 is 5.73 Å². The van der Waals surface area contributed by atoms with Gasteiger partial charge in [0.25, 0.3) is 5.91 Å². The first-order valence-corrected chi connectivity index (χ1v) is 7.31. The van der Waals surface area contributed by atoms with Gasteiger partial charge in [-0.1, -0.05) is 18.9 Å². The Morgan fingerprint density at radius 2 is 2.11 bits per heavy atom. The molecule has 1 amide bonds. The van der Waals surface area contributed by atoms with Gasteiger partial charge in [-0.25, -0.2) is 0 Å². The number of aliphatic hydroxyl groups excluding tert-OH is 1. The molecule has 2 unspecified atom stereocenters. The molecule has 1 aromatic carbocycles. The van der Waals surface area contributed by atoms with Crippen LogP contribution in [0.2, 0.25) is 0 Å². The number of likely N-dealkylation sites (N-methyl/N-ethyl adjacent to an activating group) is 1. The fourth-order valence-electron chi connectivity index (χ4n) is 2.60. The largest absolute Gasteiger partial charge is 0.398 e. The molecule has 1 saturated carbocycles. The van der Waals surface area contributed by atoms with E-state index in [0.29, 0.717) is 15.7 Å². The number of anilines is 1. The van der Waals surface area contributed by atoms with E-state index in [1.165, 1.54) is 0 Å². The van der Waals surface area contributed by atoms with E-state index in [0.717, 1.165) is 25.7 Å². The molecule has 0 heterocycles. The van der Waals surface area contributed by atoms with Crippen LogP contribution in [0.5, 0.6) is 0 Å². The molecule has 0 radical (unpaired) electrons. The summed E-state index contributed by atoms with van der Waals surface area (Å²) in [5.74, 6) is -0.106. The highest BCUT2D eigenvalue weighted by molar-refractivity contribution is 9.10. The molecule has 3 N–H and O–H groups in total. The molecule has 2 rings (SSSR count). The molecule has 0 aliphatic heterocycles. The summed E-state index contributed by atoms with van der Waals surface area (Å²) in [5.41, 5.74) is 6.88. The standard InChI is InChI=1S/C14H19BrN2O2/c1-17(11-7-2-3-8-12(11)18)14(19)9-5-4-6-10(16)13(9)15/h4-6,11-12,18H,2-3,7-8,16H2,1H3. The van der Waals surface area contributed by atoms with E-state index in [1.54, 1.807) is 30.1 Å². The average molecular weight is 327 g/mol. The highest BCUT2D eigenvalue weighted by Gasteiger charge is 2.30. The van der Waals surface area contributed by atoms with Crippen LogP contribution in [0.1, 0.15) is 36.0 Å². The van der Waals surface area contributed by atoms with Gasteiger partial charge >= 0.3 is 0 Å². The summed E-state index contributed by atoms with van der Waals surface area (Å²) in [5, 5.41) is 10.0. The van der Waals surface area contributed by atoms with Crippen LogP contribution >= 0.6 is 15.9 Å². The fraction of sp³-hybridized carbons (Fsp3) is 0.500. The van der Waals surface area contributed by atoms with E-state index >= 15 is 0 Å². The minimum atomic E-state index is -0.428. The number of carbonyl (C=O) groups excluding carboxylic acids is 1. The molecule has 1 aromatic rings. The van der Waals surface area contributed by atoms with Gasteiger partial charge in [0.05, 0.1) is 22.2 Å². The van der Waals surface area contributed by atoms with Gasteiger partial charge in [-0.15, -0.1) is 0 Å². The Balaban J connectivity index is 2.21. The lowest BCUT2D eigenvalue weighted by atomic mass is 9.91. The second-order valence-electron chi connectivity index (χ2n) is 5.04. The molecule has 19 heavy (non-hydrogen) atoms. The minimum Gasteiger partial charge on any atom is -0.398 e. The number of benzene rings is 1. The topological polar surface area (TPSA) is 66.6 Å². The number of aliphatic hydroxyl groups is 1. The van der Waals surface area contributed by atoms with Gasteiger partial charge in [-0.3, -0.25) is 4.79 Å². The molecular weight excluding hydrogens is 308 g/mol. The van der Waals surface area contributed by atoms with Crippen molar-refractivity contribution in [3.63, 3.8) is 0 Å².